The maximum absolute atomic E-state index is 13.2. The van der Waals surface area contributed by atoms with Crippen molar-refractivity contribution in [3.63, 3.8) is 0 Å². The Morgan fingerprint density at radius 1 is 0.500 bits per heavy atom. The molecule has 0 saturated heterocycles. The smallest absolute Gasteiger partial charge is 0.238 e. The van der Waals surface area contributed by atoms with Crippen LogP contribution in [-0.2, 0) is 0 Å². The maximum atomic E-state index is 13.2. The molecule has 0 radical (unpaired) electrons. The van der Waals surface area contributed by atoms with E-state index in [2.05, 4.69) is 0 Å². The first-order valence-corrected chi connectivity index (χ1v) is 5.93. The van der Waals surface area contributed by atoms with E-state index in [1.807, 2.05) is 0 Å². The predicted octanol–water partition coefficient (Wildman–Crippen LogP) is 5.61. The molecule has 13 heteroatoms. The highest BCUT2D eigenvalue weighted by molar-refractivity contribution is 5.09. The third kappa shape index (κ3) is 3.26. The average Bonchev–Trinajstić information content (AvgIpc) is 2.33. The summed E-state index contributed by atoms with van der Waals surface area (Å²) in [4.78, 5) is 0. The SMILES string of the molecule is CC(C)(F)C(F)(F)C(F)C(F)C(F)(F)C(F)(F)C(F)(F)C(C)(F)F. The zero-order chi connectivity index (χ0) is 20.2. The monoisotopic (exact) mass is 390 g/mol. The number of hydrogen-bond donors (Lipinski definition) is 0. The summed E-state index contributed by atoms with van der Waals surface area (Å²) in [6, 6.07) is 0. The second-order valence-corrected chi connectivity index (χ2v) is 5.56. The molecule has 146 valence electrons. The lowest BCUT2D eigenvalue weighted by Crippen LogP contribution is -2.67. The van der Waals surface area contributed by atoms with Crippen LogP contribution in [0.3, 0.4) is 0 Å². The molecule has 0 aliphatic heterocycles. The first-order valence-electron chi connectivity index (χ1n) is 5.93. The fraction of sp³-hybridized carbons (Fsp3) is 1.00. The standard InChI is InChI=1S/C11H11F13/c1-6(2,14)8(17,18)4(12)5(13)9(19,20)11(23,24)10(21,22)7(3,15)16/h4-5H,1-3H3. The molecule has 0 aromatic carbocycles. The highest BCUT2D eigenvalue weighted by atomic mass is 19.4. The Bertz CT molecular complexity index is 442. The van der Waals surface area contributed by atoms with Crippen molar-refractivity contribution in [3.05, 3.63) is 0 Å². The van der Waals surface area contributed by atoms with E-state index >= 15 is 0 Å². The number of hydrogen-bond acceptors (Lipinski definition) is 0. The molecule has 0 heterocycles. The van der Waals surface area contributed by atoms with Gasteiger partial charge in [-0.1, -0.05) is 0 Å². The Kier molecular flexibility index (Phi) is 5.60. The molecule has 2 unspecified atom stereocenters. The van der Waals surface area contributed by atoms with Gasteiger partial charge in [0.2, 0.25) is 12.3 Å². The fourth-order valence-corrected chi connectivity index (χ4v) is 1.35. The molecule has 0 aliphatic rings. The predicted molar refractivity (Wildman–Crippen MR) is 55.4 cm³/mol. The van der Waals surface area contributed by atoms with Gasteiger partial charge in [0.1, 0.15) is 0 Å². The number of rotatable bonds is 7. The Morgan fingerprint density at radius 3 is 1.04 bits per heavy atom. The van der Waals surface area contributed by atoms with Crippen LogP contribution in [0.5, 0.6) is 0 Å². The van der Waals surface area contributed by atoms with Gasteiger partial charge >= 0.3 is 29.6 Å². The van der Waals surface area contributed by atoms with Crippen molar-refractivity contribution < 1.29 is 57.1 Å². The Balaban J connectivity index is 5.99. The summed E-state index contributed by atoms with van der Waals surface area (Å²) in [6.45, 7) is -1.18. The van der Waals surface area contributed by atoms with Gasteiger partial charge in [0.25, 0.3) is 0 Å². The van der Waals surface area contributed by atoms with Crippen LogP contribution in [0.25, 0.3) is 0 Å². The molecule has 0 fully saturated rings. The first-order chi connectivity index (χ1) is 10.1. The molecule has 0 nitrogen and oxygen atoms in total. The van der Waals surface area contributed by atoms with Gasteiger partial charge in [-0.25, -0.2) is 13.2 Å². The lowest BCUT2D eigenvalue weighted by molar-refractivity contribution is -0.378. The minimum Gasteiger partial charge on any atom is -0.238 e. The summed E-state index contributed by atoms with van der Waals surface area (Å²) in [6.07, 6.45) is -10.4. The van der Waals surface area contributed by atoms with Gasteiger partial charge in [-0.2, -0.15) is 43.9 Å². The second kappa shape index (κ2) is 5.82. The van der Waals surface area contributed by atoms with E-state index in [4.69, 9.17) is 0 Å². The van der Waals surface area contributed by atoms with Crippen molar-refractivity contribution in [3.8, 4) is 0 Å². The van der Waals surface area contributed by atoms with E-state index in [1.165, 1.54) is 0 Å². The van der Waals surface area contributed by atoms with Gasteiger partial charge in [-0.05, 0) is 13.8 Å². The molecule has 0 N–H and O–H groups in total. The zero-order valence-corrected chi connectivity index (χ0v) is 12.1. The summed E-state index contributed by atoms with van der Waals surface area (Å²) >= 11 is 0. The van der Waals surface area contributed by atoms with Crippen LogP contribution in [0.4, 0.5) is 57.1 Å². The van der Waals surface area contributed by atoms with Crippen molar-refractivity contribution >= 4 is 0 Å². The summed E-state index contributed by atoms with van der Waals surface area (Å²) in [7, 11) is 0. The highest BCUT2D eigenvalue weighted by Crippen LogP contribution is 2.55. The highest BCUT2D eigenvalue weighted by Gasteiger charge is 2.82. The molecule has 0 amide bonds. The van der Waals surface area contributed by atoms with Crippen molar-refractivity contribution in [2.45, 2.75) is 68.4 Å². The van der Waals surface area contributed by atoms with Crippen LogP contribution in [-0.4, -0.2) is 47.6 Å². The molecule has 0 rings (SSSR count). The molecule has 24 heavy (non-hydrogen) atoms. The second-order valence-electron chi connectivity index (χ2n) is 5.56. The molecule has 0 aliphatic carbocycles. The summed E-state index contributed by atoms with van der Waals surface area (Å²) < 4.78 is 169. The molecule has 0 aromatic heterocycles. The first kappa shape index (κ1) is 23.1. The summed E-state index contributed by atoms with van der Waals surface area (Å²) in [5, 5.41) is 0. The minimum absolute atomic E-state index is 0.128. The normalized spacial score (nSPS) is 18.5. The quantitative estimate of drug-likeness (QED) is 0.496. The van der Waals surface area contributed by atoms with Crippen LogP contribution < -0.4 is 0 Å². The zero-order valence-electron chi connectivity index (χ0n) is 12.1. The molecular formula is C11H11F13. The van der Waals surface area contributed by atoms with Crippen LogP contribution >= 0.6 is 0 Å². The van der Waals surface area contributed by atoms with Gasteiger partial charge in [-0.15, -0.1) is 0 Å². The average molecular weight is 390 g/mol. The van der Waals surface area contributed by atoms with Crippen molar-refractivity contribution in [2.75, 3.05) is 0 Å². The van der Waals surface area contributed by atoms with E-state index in [0.29, 0.717) is 0 Å². The van der Waals surface area contributed by atoms with E-state index in [1.54, 1.807) is 0 Å². The number of alkyl halides is 13. The van der Waals surface area contributed by atoms with Crippen molar-refractivity contribution in [2.24, 2.45) is 0 Å². The fourth-order valence-electron chi connectivity index (χ4n) is 1.35. The van der Waals surface area contributed by atoms with Crippen LogP contribution in [0.2, 0.25) is 0 Å². The molecule has 0 bridgehead atoms. The number of halogens is 13. The third-order valence-corrected chi connectivity index (χ3v) is 3.11. The Labute approximate surface area is 127 Å². The lowest BCUT2D eigenvalue weighted by Gasteiger charge is -2.39. The largest absolute Gasteiger partial charge is 0.381 e. The Hall–Kier alpha value is -0.910. The van der Waals surface area contributed by atoms with Crippen molar-refractivity contribution in [1.82, 2.24) is 0 Å². The van der Waals surface area contributed by atoms with Gasteiger partial charge in [0, 0.05) is 6.92 Å². The third-order valence-electron chi connectivity index (χ3n) is 3.11. The molecule has 0 spiro atoms. The topological polar surface area (TPSA) is 0 Å². The van der Waals surface area contributed by atoms with Gasteiger partial charge in [0.05, 0.1) is 0 Å². The van der Waals surface area contributed by atoms with Crippen molar-refractivity contribution in [1.29, 1.82) is 0 Å². The molecule has 0 aromatic rings. The molecule has 0 saturated carbocycles. The van der Waals surface area contributed by atoms with Gasteiger partial charge in [-0.3, -0.25) is 0 Å². The maximum Gasteiger partial charge on any atom is 0.381 e. The van der Waals surface area contributed by atoms with Crippen LogP contribution in [0.15, 0.2) is 0 Å². The molecule has 2 atom stereocenters. The van der Waals surface area contributed by atoms with E-state index in [9.17, 15) is 57.1 Å². The summed E-state index contributed by atoms with van der Waals surface area (Å²) in [5.41, 5.74) is -4.06. The summed E-state index contributed by atoms with van der Waals surface area (Å²) in [5.74, 6) is -32.7. The molecular weight excluding hydrogens is 379 g/mol. The Morgan fingerprint density at radius 2 is 0.792 bits per heavy atom. The minimum atomic E-state index is -7.27. The van der Waals surface area contributed by atoms with E-state index in [0.717, 1.165) is 0 Å². The lowest BCUT2D eigenvalue weighted by atomic mass is 9.88. The van der Waals surface area contributed by atoms with Gasteiger partial charge in [0.15, 0.2) is 5.67 Å². The van der Waals surface area contributed by atoms with Crippen LogP contribution in [0, 0.1) is 0 Å². The van der Waals surface area contributed by atoms with E-state index < -0.39 is 54.5 Å². The van der Waals surface area contributed by atoms with Gasteiger partial charge < -0.3 is 0 Å². The van der Waals surface area contributed by atoms with Crippen LogP contribution in [0.1, 0.15) is 20.8 Å². The van der Waals surface area contributed by atoms with E-state index in [-0.39, 0.29) is 13.8 Å².